The maximum absolute atomic E-state index is 6.04. The van der Waals surface area contributed by atoms with Gasteiger partial charge in [-0.15, -0.1) is 0 Å². The Bertz CT molecular complexity index is 509. The zero-order chi connectivity index (χ0) is 12.9. The van der Waals surface area contributed by atoms with Crippen molar-refractivity contribution in [3.05, 3.63) is 23.3 Å². The molecule has 4 heteroatoms. The van der Waals surface area contributed by atoms with Crippen molar-refractivity contribution in [2.24, 2.45) is 5.41 Å². The first-order valence-corrected chi connectivity index (χ1v) is 7.08. The van der Waals surface area contributed by atoms with E-state index in [9.17, 15) is 0 Å². The lowest BCUT2D eigenvalue weighted by Gasteiger charge is -2.25. The van der Waals surface area contributed by atoms with E-state index in [0.29, 0.717) is 18.6 Å². The second-order valence-electron chi connectivity index (χ2n) is 6.10. The molecule has 0 saturated carbocycles. The number of nitrogens with zero attached hydrogens (tertiary/aromatic N) is 1. The molecular weight excluding hydrogens is 240 g/mol. The summed E-state index contributed by atoms with van der Waals surface area (Å²) < 4.78 is 11.2. The number of nitrogen functional groups attached to an aromatic ring is 1. The van der Waals surface area contributed by atoms with Crippen molar-refractivity contribution in [2.45, 2.75) is 26.1 Å². The number of benzene rings is 1. The van der Waals surface area contributed by atoms with Gasteiger partial charge in [0.25, 0.3) is 0 Å². The van der Waals surface area contributed by atoms with E-state index in [4.69, 9.17) is 15.2 Å². The Morgan fingerprint density at radius 3 is 2.84 bits per heavy atom. The maximum atomic E-state index is 6.04. The molecule has 19 heavy (non-hydrogen) atoms. The predicted octanol–water partition coefficient (Wildman–Crippen LogP) is 1.92. The van der Waals surface area contributed by atoms with Crippen LogP contribution in [-0.4, -0.2) is 26.3 Å². The summed E-state index contributed by atoms with van der Waals surface area (Å²) in [6.45, 7) is 5.46. The van der Waals surface area contributed by atoms with Gasteiger partial charge in [0.1, 0.15) is 0 Å². The van der Waals surface area contributed by atoms with E-state index in [0.717, 1.165) is 32.0 Å². The molecule has 0 aromatic heterocycles. The lowest BCUT2D eigenvalue weighted by molar-refractivity contribution is 0.135. The van der Waals surface area contributed by atoms with Crippen molar-refractivity contribution >= 4 is 11.4 Å². The van der Waals surface area contributed by atoms with Crippen molar-refractivity contribution in [1.82, 2.24) is 0 Å². The van der Waals surface area contributed by atoms with Crippen molar-refractivity contribution < 1.29 is 9.47 Å². The minimum absolute atomic E-state index is 0.397. The van der Waals surface area contributed by atoms with Crippen LogP contribution in [0.4, 0.5) is 11.4 Å². The van der Waals surface area contributed by atoms with Gasteiger partial charge in [-0.05, 0) is 25.0 Å². The van der Waals surface area contributed by atoms with Crippen LogP contribution in [0.1, 0.15) is 24.0 Å². The standard InChI is InChI=1S/C15H20N2O2/c16-13-1-2-14(12-8-19-7-11(12)13)17-5-3-15(9-17)4-6-18-10-15/h1-2H,3-10,16H2. The van der Waals surface area contributed by atoms with Crippen molar-refractivity contribution in [1.29, 1.82) is 0 Å². The fourth-order valence-electron chi connectivity index (χ4n) is 3.69. The van der Waals surface area contributed by atoms with E-state index in [1.54, 1.807) is 0 Å². The van der Waals surface area contributed by atoms with Gasteiger partial charge in [-0.25, -0.2) is 0 Å². The first kappa shape index (κ1) is 11.6. The fourth-order valence-corrected chi connectivity index (χ4v) is 3.69. The molecule has 1 aromatic rings. The third kappa shape index (κ3) is 1.74. The third-order valence-corrected chi connectivity index (χ3v) is 4.90. The Morgan fingerprint density at radius 1 is 1.11 bits per heavy atom. The van der Waals surface area contributed by atoms with Gasteiger partial charge < -0.3 is 20.1 Å². The first-order chi connectivity index (χ1) is 9.27. The van der Waals surface area contributed by atoms with Gasteiger partial charge >= 0.3 is 0 Å². The molecule has 2 fully saturated rings. The van der Waals surface area contributed by atoms with Crippen LogP contribution in [0, 0.1) is 5.41 Å². The van der Waals surface area contributed by atoms with Crippen molar-refractivity contribution in [3.8, 4) is 0 Å². The molecule has 4 rings (SSSR count). The minimum atomic E-state index is 0.397. The number of fused-ring (bicyclic) bond motifs is 1. The Hall–Kier alpha value is -1.26. The van der Waals surface area contributed by atoms with E-state index >= 15 is 0 Å². The number of rotatable bonds is 1. The maximum Gasteiger partial charge on any atom is 0.0746 e. The molecule has 2 N–H and O–H groups in total. The first-order valence-electron chi connectivity index (χ1n) is 7.08. The molecule has 3 aliphatic rings. The molecule has 1 atom stereocenters. The Labute approximate surface area is 113 Å². The molecule has 0 radical (unpaired) electrons. The number of hydrogen-bond donors (Lipinski definition) is 1. The lowest BCUT2D eigenvalue weighted by atomic mass is 9.87. The van der Waals surface area contributed by atoms with Gasteiger partial charge in [0.2, 0.25) is 0 Å². The Balaban J connectivity index is 1.66. The molecule has 3 heterocycles. The molecule has 0 aliphatic carbocycles. The third-order valence-electron chi connectivity index (χ3n) is 4.90. The lowest BCUT2D eigenvalue weighted by Crippen LogP contribution is -2.28. The summed E-state index contributed by atoms with van der Waals surface area (Å²) in [4.78, 5) is 2.50. The normalized spacial score (nSPS) is 29.4. The van der Waals surface area contributed by atoms with Gasteiger partial charge in [-0.3, -0.25) is 0 Å². The Morgan fingerprint density at radius 2 is 2.00 bits per heavy atom. The van der Waals surface area contributed by atoms with Crippen LogP contribution in [0.5, 0.6) is 0 Å². The van der Waals surface area contributed by atoms with Gasteiger partial charge in [-0.2, -0.15) is 0 Å². The molecule has 4 nitrogen and oxygen atoms in total. The van der Waals surface area contributed by atoms with E-state index in [1.165, 1.54) is 29.7 Å². The molecule has 102 valence electrons. The summed E-state index contributed by atoms with van der Waals surface area (Å²) in [5, 5.41) is 0. The number of hydrogen-bond acceptors (Lipinski definition) is 4. The number of ether oxygens (including phenoxy) is 2. The molecule has 2 saturated heterocycles. The average Bonchev–Trinajstić information content (AvgIpc) is 3.13. The van der Waals surface area contributed by atoms with Gasteiger partial charge in [0, 0.05) is 47.6 Å². The minimum Gasteiger partial charge on any atom is -0.398 e. The summed E-state index contributed by atoms with van der Waals surface area (Å²) >= 11 is 0. The highest BCUT2D eigenvalue weighted by Gasteiger charge is 2.42. The summed E-state index contributed by atoms with van der Waals surface area (Å²) in [5.41, 5.74) is 11.1. The van der Waals surface area contributed by atoms with E-state index < -0.39 is 0 Å². The molecular formula is C15H20N2O2. The second-order valence-corrected chi connectivity index (χ2v) is 6.10. The monoisotopic (exact) mass is 260 g/mol. The smallest absolute Gasteiger partial charge is 0.0746 e. The van der Waals surface area contributed by atoms with Crippen LogP contribution >= 0.6 is 0 Å². The fraction of sp³-hybridized carbons (Fsp3) is 0.600. The van der Waals surface area contributed by atoms with Gasteiger partial charge in [-0.1, -0.05) is 0 Å². The highest BCUT2D eigenvalue weighted by molar-refractivity contribution is 5.66. The van der Waals surface area contributed by atoms with E-state index in [1.807, 2.05) is 6.07 Å². The Kier molecular flexibility index (Phi) is 2.50. The molecule has 0 bridgehead atoms. The van der Waals surface area contributed by atoms with Crippen LogP contribution in [0.2, 0.25) is 0 Å². The van der Waals surface area contributed by atoms with Crippen molar-refractivity contribution in [3.63, 3.8) is 0 Å². The molecule has 1 spiro atoms. The quantitative estimate of drug-likeness (QED) is 0.784. The second kappa shape index (κ2) is 4.12. The molecule has 1 unspecified atom stereocenters. The number of anilines is 2. The molecule has 1 aromatic carbocycles. The average molecular weight is 260 g/mol. The van der Waals surface area contributed by atoms with Crippen molar-refractivity contribution in [2.75, 3.05) is 36.9 Å². The van der Waals surface area contributed by atoms with Gasteiger partial charge in [0.15, 0.2) is 0 Å². The van der Waals surface area contributed by atoms with E-state index in [-0.39, 0.29) is 0 Å². The zero-order valence-electron chi connectivity index (χ0n) is 11.2. The summed E-state index contributed by atoms with van der Waals surface area (Å²) in [5.74, 6) is 0. The number of nitrogens with two attached hydrogens (primary N) is 1. The van der Waals surface area contributed by atoms with Crippen LogP contribution in [0.15, 0.2) is 12.1 Å². The molecule has 0 amide bonds. The largest absolute Gasteiger partial charge is 0.398 e. The SMILES string of the molecule is Nc1ccc(N2CCC3(CCOC3)C2)c2c1COC2. The summed E-state index contributed by atoms with van der Waals surface area (Å²) in [6, 6.07) is 4.19. The summed E-state index contributed by atoms with van der Waals surface area (Å²) in [6.07, 6.45) is 2.45. The highest BCUT2D eigenvalue weighted by Crippen LogP contribution is 2.42. The zero-order valence-corrected chi connectivity index (χ0v) is 11.2. The van der Waals surface area contributed by atoms with Gasteiger partial charge in [0.05, 0.1) is 19.8 Å². The topological polar surface area (TPSA) is 47.7 Å². The van der Waals surface area contributed by atoms with Crippen LogP contribution < -0.4 is 10.6 Å². The predicted molar refractivity (Wildman–Crippen MR) is 74.0 cm³/mol. The molecule has 3 aliphatic heterocycles. The highest BCUT2D eigenvalue weighted by atomic mass is 16.5. The van der Waals surface area contributed by atoms with E-state index in [2.05, 4.69) is 11.0 Å². The van der Waals surface area contributed by atoms with Crippen LogP contribution in [0.3, 0.4) is 0 Å². The summed E-state index contributed by atoms with van der Waals surface area (Å²) in [7, 11) is 0. The van der Waals surface area contributed by atoms with Crippen LogP contribution in [0.25, 0.3) is 0 Å². The van der Waals surface area contributed by atoms with Crippen LogP contribution in [-0.2, 0) is 22.7 Å².